The Hall–Kier alpha value is -1.58. The zero-order valence-electron chi connectivity index (χ0n) is 11.7. The van der Waals surface area contributed by atoms with E-state index in [9.17, 15) is 4.79 Å². The predicted octanol–water partition coefficient (Wildman–Crippen LogP) is 2.53. The van der Waals surface area contributed by atoms with Crippen LogP contribution in [0.4, 0.5) is 0 Å². The van der Waals surface area contributed by atoms with Crippen molar-refractivity contribution in [3.05, 3.63) is 48.0 Å². The van der Waals surface area contributed by atoms with Crippen molar-refractivity contribution in [2.24, 2.45) is 0 Å². The first-order valence-corrected chi connectivity index (χ1v) is 6.69. The van der Waals surface area contributed by atoms with Crippen LogP contribution in [0.3, 0.4) is 0 Å². The minimum Gasteiger partial charge on any atom is -0.356 e. The summed E-state index contributed by atoms with van der Waals surface area (Å²) >= 11 is 0. The van der Waals surface area contributed by atoms with Crippen LogP contribution in [0.15, 0.2) is 42.5 Å². The summed E-state index contributed by atoms with van der Waals surface area (Å²) < 4.78 is 0. The van der Waals surface area contributed by atoms with Crippen LogP contribution in [0.2, 0.25) is 0 Å². The number of hydrogen-bond acceptors (Lipinski definition) is 2. The highest BCUT2D eigenvalue weighted by molar-refractivity contribution is 5.90. The third kappa shape index (κ3) is 4.51. The van der Waals surface area contributed by atoms with Gasteiger partial charge in [-0.1, -0.05) is 42.5 Å². The Kier molecular flexibility index (Phi) is 7.05. The fraction of sp³-hybridized carbons (Fsp3) is 0.312. The molecule has 20 heavy (non-hydrogen) atoms. The van der Waals surface area contributed by atoms with Crippen LogP contribution < -0.4 is 10.6 Å². The number of halogens is 1. The summed E-state index contributed by atoms with van der Waals surface area (Å²) in [6.45, 7) is 1.65. The van der Waals surface area contributed by atoms with Crippen LogP contribution >= 0.6 is 12.4 Å². The minimum absolute atomic E-state index is 0. The molecule has 3 nitrogen and oxygen atoms in total. The zero-order chi connectivity index (χ0) is 13.5. The fourth-order valence-electron chi connectivity index (χ4n) is 2.18. The second-order valence-corrected chi connectivity index (χ2v) is 4.62. The van der Waals surface area contributed by atoms with Crippen LogP contribution in [0.25, 0.3) is 10.8 Å². The molecule has 0 aliphatic carbocycles. The first kappa shape index (κ1) is 16.5. The van der Waals surface area contributed by atoms with Crippen molar-refractivity contribution in [1.82, 2.24) is 10.6 Å². The molecule has 0 aliphatic rings. The molecule has 2 aromatic carbocycles. The number of fused-ring (bicyclic) bond motifs is 1. The molecule has 0 saturated carbocycles. The molecule has 0 unspecified atom stereocenters. The summed E-state index contributed by atoms with van der Waals surface area (Å²) in [4.78, 5) is 11.9. The molecule has 0 aliphatic heterocycles. The van der Waals surface area contributed by atoms with Gasteiger partial charge < -0.3 is 10.6 Å². The van der Waals surface area contributed by atoms with E-state index in [0.717, 1.165) is 30.5 Å². The van der Waals surface area contributed by atoms with E-state index in [4.69, 9.17) is 0 Å². The quantitative estimate of drug-likeness (QED) is 0.803. The third-order valence-corrected chi connectivity index (χ3v) is 3.16. The second kappa shape index (κ2) is 8.56. The average Bonchev–Trinajstić information content (AvgIpc) is 2.44. The van der Waals surface area contributed by atoms with Crippen LogP contribution in [0.5, 0.6) is 0 Å². The van der Waals surface area contributed by atoms with E-state index in [2.05, 4.69) is 28.8 Å². The van der Waals surface area contributed by atoms with Gasteiger partial charge in [-0.25, -0.2) is 0 Å². The summed E-state index contributed by atoms with van der Waals surface area (Å²) in [5.74, 6) is 0.0902. The van der Waals surface area contributed by atoms with Gasteiger partial charge in [0.15, 0.2) is 0 Å². The normalized spacial score (nSPS) is 10.1. The van der Waals surface area contributed by atoms with E-state index in [1.165, 1.54) is 5.39 Å². The molecule has 0 radical (unpaired) electrons. The smallest absolute Gasteiger partial charge is 0.224 e. The van der Waals surface area contributed by atoms with E-state index in [1.807, 2.05) is 31.3 Å². The monoisotopic (exact) mass is 292 g/mol. The largest absolute Gasteiger partial charge is 0.356 e. The number of hydrogen-bond donors (Lipinski definition) is 2. The van der Waals surface area contributed by atoms with E-state index in [-0.39, 0.29) is 18.3 Å². The maximum atomic E-state index is 11.9. The molecular formula is C16H21ClN2O. The van der Waals surface area contributed by atoms with Gasteiger partial charge in [-0.3, -0.25) is 4.79 Å². The topological polar surface area (TPSA) is 41.1 Å². The number of nitrogens with one attached hydrogen (secondary N) is 2. The summed E-state index contributed by atoms with van der Waals surface area (Å²) in [6, 6.07) is 14.3. The summed E-state index contributed by atoms with van der Waals surface area (Å²) in [5.41, 5.74) is 1.09. The molecule has 2 rings (SSSR count). The first-order chi connectivity index (χ1) is 9.31. The fourth-order valence-corrected chi connectivity index (χ4v) is 2.18. The Balaban J connectivity index is 0.00000200. The third-order valence-electron chi connectivity index (χ3n) is 3.16. The van der Waals surface area contributed by atoms with Gasteiger partial charge in [0.2, 0.25) is 5.91 Å². The summed E-state index contributed by atoms with van der Waals surface area (Å²) in [7, 11) is 1.91. The number of carbonyl (C=O) groups excluding carboxylic acids is 1. The van der Waals surface area contributed by atoms with Gasteiger partial charge >= 0.3 is 0 Å². The van der Waals surface area contributed by atoms with Crippen molar-refractivity contribution in [2.75, 3.05) is 20.1 Å². The molecule has 1 amide bonds. The lowest BCUT2D eigenvalue weighted by Crippen LogP contribution is -2.27. The summed E-state index contributed by atoms with van der Waals surface area (Å²) in [5, 5.41) is 8.36. The van der Waals surface area contributed by atoms with Gasteiger partial charge in [-0.15, -0.1) is 12.4 Å². The zero-order valence-corrected chi connectivity index (χ0v) is 12.5. The van der Waals surface area contributed by atoms with Gasteiger partial charge in [0.05, 0.1) is 6.42 Å². The van der Waals surface area contributed by atoms with Crippen molar-refractivity contribution < 1.29 is 4.79 Å². The predicted molar refractivity (Wildman–Crippen MR) is 86.5 cm³/mol. The Morgan fingerprint density at radius 1 is 1.05 bits per heavy atom. The van der Waals surface area contributed by atoms with E-state index < -0.39 is 0 Å². The molecule has 0 bridgehead atoms. The van der Waals surface area contributed by atoms with E-state index in [1.54, 1.807) is 0 Å². The highest BCUT2D eigenvalue weighted by Gasteiger charge is 2.05. The van der Waals surface area contributed by atoms with Crippen molar-refractivity contribution in [3.63, 3.8) is 0 Å². The average molecular weight is 293 g/mol. The lowest BCUT2D eigenvalue weighted by molar-refractivity contribution is -0.120. The van der Waals surface area contributed by atoms with Gasteiger partial charge in [0, 0.05) is 6.54 Å². The van der Waals surface area contributed by atoms with Gasteiger partial charge in [0.25, 0.3) is 0 Å². The van der Waals surface area contributed by atoms with E-state index >= 15 is 0 Å². The molecule has 0 spiro atoms. The highest BCUT2D eigenvalue weighted by Crippen LogP contribution is 2.18. The molecule has 0 heterocycles. The lowest BCUT2D eigenvalue weighted by atomic mass is 10.0. The molecule has 0 fully saturated rings. The maximum Gasteiger partial charge on any atom is 0.224 e. The molecule has 4 heteroatoms. The molecule has 2 aromatic rings. The Morgan fingerprint density at radius 2 is 1.80 bits per heavy atom. The standard InChI is InChI=1S/C16H20N2O.ClH/c1-17-10-5-11-18-16(19)12-14-8-4-7-13-6-2-3-9-15(13)14;/h2-4,6-9,17H,5,10-12H2,1H3,(H,18,19);1H. The van der Waals surface area contributed by atoms with Gasteiger partial charge in [0.1, 0.15) is 0 Å². The number of rotatable bonds is 6. The number of carbonyl (C=O) groups is 1. The molecule has 0 aromatic heterocycles. The van der Waals surface area contributed by atoms with Crippen LogP contribution in [0, 0.1) is 0 Å². The molecular weight excluding hydrogens is 272 g/mol. The van der Waals surface area contributed by atoms with Crippen LogP contribution in [-0.2, 0) is 11.2 Å². The Morgan fingerprint density at radius 3 is 2.60 bits per heavy atom. The van der Waals surface area contributed by atoms with Crippen molar-refractivity contribution >= 4 is 29.1 Å². The van der Waals surface area contributed by atoms with Crippen molar-refractivity contribution in [2.45, 2.75) is 12.8 Å². The first-order valence-electron chi connectivity index (χ1n) is 6.69. The van der Waals surface area contributed by atoms with Crippen LogP contribution in [-0.4, -0.2) is 26.0 Å². The van der Waals surface area contributed by atoms with Gasteiger partial charge in [-0.05, 0) is 36.3 Å². The molecule has 108 valence electrons. The van der Waals surface area contributed by atoms with Gasteiger partial charge in [-0.2, -0.15) is 0 Å². The van der Waals surface area contributed by atoms with Crippen molar-refractivity contribution in [1.29, 1.82) is 0 Å². The van der Waals surface area contributed by atoms with Crippen molar-refractivity contribution in [3.8, 4) is 0 Å². The second-order valence-electron chi connectivity index (χ2n) is 4.62. The lowest BCUT2D eigenvalue weighted by Gasteiger charge is -2.07. The molecule has 0 atom stereocenters. The number of amides is 1. The Bertz CT molecular complexity index is 552. The molecule has 0 saturated heterocycles. The minimum atomic E-state index is 0. The number of benzene rings is 2. The molecule has 2 N–H and O–H groups in total. The SMILES string of the molecule is CNCCCNC(=O)Cc1cccc2ccccc12.Cl. The highest BCUT2D eigenvalue weighted by atomic mass is 35.5. The summed E-state index contributed by atoms with van der Waals surface area (Å²) in [6.07, 6.45) is 1.40. The Labute approximate surface area is 126 Å². The maximum absolute atomic E-state index is 11.9. The van der Waals surface area contributed by atoms with Crippen LogP contribution in [0.1, 0.15) is 12.0 Å². The van der Waals surface area contributed by atoms with E-state index in [0.29, 0.717) is 6.42 Å².